The lowest BCUT2D eigenvalue weighted by Crippen LogP contribution is -2.59. The molecule has 10 radical (unpaired) electrons. The maximum atomic E-state index is 7.63. The second-order valence-corrected chi connectivity index (χ2v) is 26.2. The maximum absolute atomic E-state index is 7.63. The Morgan fingerprint density at radius 3 is 1.55 bits per heavy atom. The average molecular weight is 1190 g/mol. The van der Waals surface area contributed by atoms with E-state index in [1.165, 1.54) is 27.1 Å². The van der Waals surface area contributed by atoms with Crippen LogP contribution in [-0.4, -0.2) is 55.1 Å². The van der Waals surface area contributed by atoms with Crippen LogP contribution in [-0.2, 0) is 5.41 Å². The fourth-order valence-corrected chi connectivity index (χ4v) is 15.6. The molecule has 19 rings (SSSR count). The number of para-hydroxylation sites is 5. The van der Waals surface area contributed by atoms with Crippen molar-refractivity contribution < 1.29 is 13.6 Å². The standard InChI is InChI=1S/C82H49B6N3O3/c1-82(2,3)47-29-34-64(56(41-47)44-16-5-4-6-17-44)91-65-42-48(89-60-24-11-7-18-51(60)52-19-8-12-25-61(52)89)30-32-58(65)88-59-33-31-49(90-62-26-13-9-20-53(62)54-21-10-14-27-63(54)90)43-70(59)93-71-40-46(39-66(91)80(71)88)50-22-15-23-55-73-69(94-81(50)55)37-36-68-74(73)57-38-45(28-35-67(57)92-68)72-75(83)77(85)79(87)78(86)76(72)84/h4-43H,1-3H3. The second-order valence-electron chi connectivity index (χ2n) is 26.2. The highest BCUT2D eigenvalue weighted by molar-refractivity contribution is 6.99. The molecule has 2 aliphatic heterocycles. The third-order valence-electron chi connectivity index (χ3n) is 20.0. The fourth-order valence-electron chi connectivity index (χ4n) is 15.6. The van der Waals surface area contributed by atoms with Gasteiger partial charge < -0.3 is 27.6 Å². The summed E-state index contributed by atoms with van der Waals surface area (Å²) in [6.45, 7) is 6.61. The summed E-state index contributed by atoms with van der Waals surface area (Å²) in [6, 6.07) is 87.4. The zero-order chi connectivity index (χ0) is 63.2. The summed E-state index contributed by atoms with van der Waals surface area (Å²) in [5, 5.41) is 8.33. The predicted octanol–water partition coefficient (Wildman–Crippen LogP) is 14.4. The molecular formula is C82H49B6N3O3. The summed E-state index contributed by atoms with van der Waals surface area (Å²) < 4.78 is 26.3. The molecule has 13 aromatic carbocycles. The van der Waals surface area contributed by atoms with Crippen LogP contribution in [0.1, 0.15) is 26.3 Å². The molecule has 0 atom stereocenters. The van der Waals surface area contributed by atoms with Crippen molar-refractivity contribution >= 4 is 194 Å². The number of ether oxygens (including phenoxy) is 1. The molecule has 12 heteroatoms. The third-order valence-corrected chi connectivity index (χ3v) is 20.0. The van der Waals surface area contributed by atoms with Crippen molar-refractivity contribution in [3.05, 3.63) is 248 Å². The number of rotatable bonds is 6. The first kappa shape index (κ1) is 54.8. The van der Waals surface area contributed by atoms with E-state index in [4.69, 9.17) is 52.8 Å². The zero-order valence-corrected chi connectivity index (χ0v) is 51.6. The van der Waals surface area contributed by atoms with E-state index in [0.717, 1.165) is 128 Å². The summed E-state index contributed by atoms with van der Waals surface area (Å²) in [7, 11) is 32.5. The van der Waals surface area contributed by atoms with Gasteiger partial charge in [-0.3, -0.25) is 0 Å². The molecule has 428 valence electrons. The van der Waals surface area contributed by atoms with Gasteiger partial charge in [0.2, 0.25) is 0 Å². The van der Waals surface area contributed by atoms with Gasteiger partial charge in [-0.25, -0.2) is 0 Å². The highest BCUT2D eigenvalue weighted by Gasteiger charge is 2.44. The van der Waals surface area contributed by atoms with Gasteiger partial charge in [-0.05, 0) is 141 Å². The van der Waals surface area contributed by atoms with E-state index in [2.05, 4.69) is 247 Å². The molecule has 0 saturated carbocycles. The normalized spacial score (nSPS) is 12.9. The molecule has 6 nitrogen and oxygen atoms in total. The third kappa shape index (κ3) is 7.80. The molecule has 6 heterocycles. The van der Waals surface area contributed by atoms with Gasteiger partial charge in [0.25, 0.3) is 6.71 Å². The van der Waals surface area contributed by atoms with E-state index in [1.54, 1.807) is 0 Å². The van der Waals surface area contributed by atoms with Crippen LogP contribution in [0, 0.1) is 0 Å². The summed E-state index contributed by atoms with van der Waals surface area (Å²) >= 11 is 0. The highest BCUT2D eigenvalue weighted by Crippen LogP contribution is 2.50. The Morgan fingerprint density at radius 2 is 0.915 bits per heavy atom. The minimum atomic E-state index is -0.246. The first-order valence-electron chi connectivity index (χ1n) is 31.8. The Labute approximate surface area is 549 Å². The fraction of sp³-hybridized carbons (Fsp3) is 0.0488. The van der Waals surface area contributed by atoms with Crippen molar-refractivity contribution in [2.24, 2.45) is 0 Å². The van der Waals surface area contributed by atoms with E-state index >= 15 is 0 Å². The van der Waals surface area contributed by atoms with Crippen LogP contribution in [0.4, 0.5) is 17.1 Å². The van der Waals surface area contributed by atoms with Gasteiger partial charge in [0.15, 0.2) is 0 Å². The minimum Gasteiger partial charge on any atom is -0.458 e. The molecule has 0 bridgehead atoms. The van der Waals surface area contributed by atoms with Crippen LogP contribution >= 0.6 is 0 Å². The van der Waals surface area contributed by atoms with Crippen molar-refractivity contribution in [2.45, 2.75) is 26.2 Å². The molecule has 0 fully saturated rings. The largest absolute Gasteiger partial charge is 0.458 e. The number of aromatic nitrogens is 2. The van der Waals surface area contributed by atoms with Gasteiger partial charge in [0.05, 0.1) is 27.8 Å². The Bertz CT molecular complexity index is 6030. The predicted molar refractivity (Wildman–Crippen MR) is 397 cm³/mol. The Kier molecular flexibility index (Phi) is 11.7. The lowest BCUT2D eigenvalue weighted by molar-refractivity contribution is 0.487. The average Bonchev–Trinajstić information content (AvgIpc) is 0.906. The van der Waals surface area contributed by atoms with Crippen LogP contribution in [0.5, 0.6) is 11.5 Å². The van der Waals surface area contributed by atoms with Gasteiger partial charge in [0.1, 0.15) is 73.1 Å². The molecule has 2 aliphatic rings. The molecule has 94 heavy (non-hydrogen) atoms. The van der Waals surface area contributed by atoms with E-state index in [1.807, 2.05) is 30.3 Å². The molecule has 0 N–H and O–H groups in total. The molecule has 0 spiro atoms. The number of hydrogen-bond donors (Lipinski definition) is 0. The van der Waals surface area contributed by atoms with E-state index in [9.17, 15) is 0 Å². The molecule has 17 aromatic rings. The lowest BCUT2D eigenvalue weighted by Gasteiger charge is -2.41. The van der Waals surface area contributed by atoms with Gasteiger partial charge in [0, 0.05) is 83.0 Å². The molecular weight excluding hydrogens is 1140 g/mol. The lowest BCUT2D eigenvalue weighted by atomic mass is 9.34. The van der Waals surface area contributed by atoms with E-state index in [-0.39, 0.29) is 39.4 Å². The topological polar surface area (TPSA) is 48.6 Å². The van der Waals surface area contributed by atoms with Crippen molar-refractivity contribution in [2.75, 3.05) is 4.90 Å². The summed E-state index contributed by atoms with van der Waals surface area (Å²) in [5.41, 5.74) is 23.2. The number of fused-ring (bicyclic) bond motifs is 17. The van der Waals surface area contributed by atoms with Crippen molar-refractivity contribution in [1.82, 2.24) is 9.13 Å². The van der Waals surface area contributed by atoms with Crippen molar-refractivity contribution in [3.8, 4) is 56.3 Å². The number of anilines is 3. The number of furan rings is 2. The van der Waals surface area contributed by atoms with Crippen molar-refractivity contribution in [1.29, 1.82) is 0 Å². The van der Waals surface area contributed by atoms with Gasteiger partial charge in [-0.2, -0.15) is 0 Å². The first-order valence-corrected chi connectivity index (χ1v) is 31.8. The van der Waals surface area contributed by atoms with Crippen LogP contribution in [0.25, 0.3) is 132 Å². The molecule has 0 saturated heterocycles. The van der Waals surface area contributed by atoms with Crippen LogP contribution in [0.3, 0.4) is 0 Å². The van der Waals surface area contributed by atoms with Crippen molar-refractivity contribution in [3.63, 3.8) is 0 Å². The minimum absolute atomic E-state index is 0.144. The number of benzene rings is 13. The Hall–Kier alpha value is -11.0. The molecule has 4 aromatic heterocycles. The maximum Gasteiger partial charge on any atom is 0.256 e. The summed E-state index contributed by atoms with van der Waals surface area (Å²) in [5.74, 6) is 1.54. The quantitative estimate of drug-likeness (QED) is 0.156. The molecule has 0 amide bonds. The number of hydrogen-bond acceptors (Lipinski definition) is 4. The Balaban J connectivity index is 0.891. The Morgan fingerprint density at radius 1 is 0.362 bits per heavy atom. The van der Waals surface area contributed by atoms with Gasteiger partial charge in [-0.1, -0.05) is 177 Å². The highest BCUT2D eigenvalue weighted by atomic mass is 16.5. The monoisotopic (exact) mass is 1190 g/mol. The van der Waals surface area contributed by atoms with Gasteiger partial charge in [-0.15, -0.1) is 16.4 Å². The number of nitrogens with zero attached hydrogens (tertiary/aromatic N) is 3. The van der Waals surface area contributed by atoms with E-state index < -0.39 is 0 Å². The second kappa shape index (κ2) is 20.0. The van der Waals surface area contributed by atoms with E-state index in [0.29, 0.717) is 27.9 Å². The van der Waals surface area contributed by atoms with Crippen LogP contribution in [0.2, 0.25) is 0 Å². The molecule has 0 aliphatic carbocycles. The summed E-state index contributed by atoms with van der Waals surface area (Å²) in [6.07, 6.45) is 0. The summed E-state index contributed by atoms with van der Waals surface area (Å²) in [4.78, 5) is 2.51. The van der Waals surface area contributed by atoms with Crippen LogP contribution < -0.4 is 53.3 Å². The zero-order valence-electron chi connectivity index (χ0n) is 51.6. The van der Waals surface area contributed by atoms with Crippen LogP contribution in [0.15, 0.2) is 251 Å². The van der Waals surface area contributed by atoms with Gasteiger partial charge >= 0.3 is 0 Å². The first-order chi connectivity index (χ1) is 45.8. The SMILES string of the molecule is [B]c1c([B])c([B])c(-c2ccc3oc4ccc5oc6c(-c7cc8c9c(c7)N(c7ccc(C(C)(C)C)cc7-c7ccccc7)c7cc(-n%10c%11ccccc%11c%11ccccc%11%10)ccc7B9c7ccc(-n9c%10ccccc%10c%10ccccc%109)cc7O8)cccc6c5c4c3c2)c([B])c1[B]. The smallest absolute Gasteiger partial charge is 0.256 e. The molecule has 0 unspecified atom stereocenters.